The predicted molar refractivity (Wildman–Crippen MR) is 41.7 cm³/mol. The summed E-state index contributed by atoms with van der Waals surface area (Å²) in [6.45, 7) is 2.84. The van der Waals surface area contributed by atoms with Gasteiger partial charge >= 0.3 is 11.9 Å². The Morgan fingerprint density at radius 3 is 2.62 bits per heavy atom. The van der Waals surface area contributed by atoms with Crippen molar-refractivity contribution < 1.29 is 24.2 Å². The van der Waals surface area contributed by atoms with E-state index < -0.39 is 30.1 Å². The Kier molecular flexibility index (Phi) is 2.56. The lowest BCUT2D eigenvalue weighted by Crippen LogP contribution is -2.44. The molecule has 1 rings (SSSR count). The van der Waals surface area contributed by atoms with Gasteiger partial charge in [0.2, 0.25) is 0 Å². The number of aliphatic hydroxyl groups excluding tert-OH is 1. The fraction of sp³-hybridized carbons (Fsp3) is 0.750. The maximum atomic E-state index is 11.0. The molecular weight excluding hydrogens is 176 g/mol. The zero-order valence-corrected chi connectivity index (χ0v) is 7.57. The molecule has 74 valence electrons. The molecule has 13 heavy (non-hydrogen) atoms. The van der Waals surface area contributed by atoms with E-state index >= 15 is 0 Å². The van der Waals surface area contributed by atoms with Gasteiger partial charge in [0, 0.05) is 5.41 Å². The summed E-state index contributed by atoms with van der Waals surface area (Å²) < 4.78 is 9.22. The third-order valence-electron chi connectivity index (χ3n) is 1.90. The first-order chi connectivity index (χ1) is 5.93. The number of carbonyl (C=O) groups excluding carboxylic acids is 2. The van der Waals surface area contributed by atoms with Crippen LogP contribution in [-0.4, -0.2) is 36.4 Å². The number of carbonyl (C=O) groups is 2. The minimum atomic E-state index is -1.25. The summed E-state index contributed by atoms with van der Waals surface area (Å²) in [4.78, 5) is 21.8. The molecule has 5 nitrogen and oxygen atoms in total. The zero-order chi connectivity index (χ0) is 10.1. The van der Waals surface area contributed by atoms with Crippen molar-refractivity contribution >= 4 is 11.9 Å². The highest BCUT2D eigenvalue weighted by molar-refractivity contribution is 5.80. The molecule has 1 heterocycles. The molecule has 0 aromatic rings. The monoisotopic (exact) mass is 188 g/mol. The number of aliphatic hydroxyl groups is 1. The molecule has 1 aliphatic heterocycles. The highest BCUT2D eigenvalue weighted by Gasteiger charge is 2.38. The predicted octanol–water partition coefficient (Wildman–Crippen LogP) is -0.527. The van der Waals surface area contributed by atoms with Crippen LogP contribution in [0.2, 0.25) is 0 Å². The van der Waals surface area contributed by atoms with Gasteiger partial charge in [0.05, 0.1) is 6.61 Å². The lowest BCUT2D eigenvalue weighted by molar-refractivity contribution is -0.180. The second kappa shape index (κ2) is 3.33. The Morgan fingerprint density at radius 2 is 2.00 bits per heavy atom. The van der Waals surface area contributed by atoms with Gasteiger partial charge in [-0.15, -0.1) is 0 Å². The van der Waals surface area contributed by atoms with Gasteiger partial charge in [0.25, 0.3) is 0 Å². The van der Waals surface area contributed by atoms with Crippen molar-refractivity contribution in [1.29, 1.82) is 0 Å². The largest absolute Gasteiger partial charge is 0.462 e. The van der Waals surface area contributed by atoms with Gasteiger partial charge in [0.15, 0.2) is 12.7 Å². The van der Waals surface area contributed by atoms with E-state index in [9.17, 15) is 14.7 Å². The van der Waals surface area contributed by atoms with Crippen LogP contribution in [0.5, 0.6) is 0 Å². The van der Waals surface area contributed by atoms with Crippen molar-refractivity contribution in [2.45, 2.75) is 20.0 Å². The van der Waals surface area contributed by atoms with E-state index in [1.165, 1.54) is 0 Å². The van der Waals surface area contributed by atoms with E-state index in [1.54, 1.807) is 13.8 Å². The smallest absolute Gasteiger partial charge is 0.344 e. The molecule has 5 heteroatoms. The van der Waals surface area contributed by atoms with Crippen molar-refractivity contribution in [2.24, 2.45) is 5.41 Å². The molecule has 1 saturated heterocycles. The molecule has 0 aromatic carbocycles. The maximum absolute atomic E-state index is 11.0. The van der Waals surface area contributed by atoms with Crippen LogP contribution >= 0.6 is 0 Å². The van der Waals surface area contributed by atoms with Gasteiger partial charge in [-0.25, -0.2) is 9.59 Å². The van der Waals surface area contributed by atoms with Gasteiger partial charge < -0.3 is 14.6 Å². The lowest BCUT2D eigenvalue weighted by Gasteiger charge is -2.30. The summed E-state index contributed by atoms with van der Waals surface area (Å²) in [5, 5.41) is 9.43. The van der Waals surface area contributed by atoms with E-state index in [0.717, 1.165) is 0 Å². The molecule has 0 aliphatic carbocycles. The van der Waals surface area contributed by atoms with E-state index in [-0.39, 0.29) is 6.61 Å². The molecule has 0 spiro atoms. The normalized spacial score (nSPS) is 28.4. The standard InChI is InChI=1S/C8H12O5/c1-8(2)4-13-5(9)3-12-7(11)6(8)10/h6,10H,3-4H2,1-2H3/t6-/m1/s1. The van der Waals surface area contributed by atoms with E-state index in [2.05, 4.69) is 4.74 Å². The number of hydrogen-bond donors (Lipinski definition) is 1. The quantitative estimate of drug-likeness (QED) is 0.517. The zero-order valence-electron chi connectivity index (χ0n) is 7.57. The minimum Gasteiger partial charge on any atom is -0.462 e. The van der Waals surface area contributed by atoms with Gasteiger partial charge in [-0.1, -0.05) is 13.8 Å². The van der Waals surface area contributed by atoms with Crippen molar-refractivity contribution in [3.8, 4) is 0 Å². The highest BCUT2D eigenvalue weighted by Crippen LogP contribution is 2.23. The summed E-state index contributed by atoms with van der Waals surface area (Å²) >= 11 is 0. The summed E-state index contributed by atoms with van der Waals surface area (Å²) in [6, 6.07) is 0. The average molecular weight is 188 g/mol. The van der Waals surface area contributed by atoms with Crippen LogP contribution in [0, 0.1) is 5.41 Å². The van der Waals surface area contributed by atoms with Crippen molar-refractivity contribution in [1.82, 2.24) is 0 Å². The molecule has 0 unspecified atom stereocenters. The van der Waals surface area contributed by atoms with Crippen LogP contribution in [0.3, 0.4) is 0 Å². The molecule has 0 saturated carbocycles. The third kappa shape index (κ3) is 2.18. The van der Waals surface area contributed by atoms with Crippen LogP contribution < -0.4 is 0 Å². The van der Waals surface area contributed by atoms with Crippen LogP contribution in [0.15, 0.2) is 0 Å². The molecule has 1 atom stereocenters. The van der Waals surface area contributed by atoms with Crippen LogP contribution in [-0.2, 0) is 19.1 Å². The van der Waals surface area contributed by atoms with Crippen molar-refractivity contribution in [2.75, 3.05) is 13.2 Å². The number of esters is 2. The minimum absolute atomic E-state index is 0.0160. The molecule has 0 radical (unpaired) electrons. The van der Waals surface area contributed by atoms with Crippen molar-refractivity contribution in [3.05, 3.63) is 0 Å². The van der Waals surface area contributed by atoms with Gasteiger partial charge in [-0.2, -0.15) is 0 Å². The summed E-state index contributed by atoms with van der Waals surface area (Å²) in [6.07, 6.45) is -1.25. The van der Waals surface area contributed by atoms with E-state index in [1.807, 2.05) is 0 Å². The molecule has 0 amide bonds. The van der Waals surface area contributed by atoms with Gasteiger partial charge in [-0.3, -0.25) is 0 Å². The number of rotatable bonds is 0. The summed E-state index contributed by atoms with van der Waals surface area (Å²) in [5.74, 6) is -1.37. The first kappa shape index (κ1) is 9.98. The fourth-order valence-electron chi connectivity index (χ4n) is 0.915. The molecule has 0 bridgehead atoms. The lowest BCUT2D eigenvalue weighted by atomic mass is 9.87. The Hall–Kier alpha value is -1.10. The molecule has 1 fully saturated rings. The van der Waals surface area contributed by atoms with E-state index in [4.69, 9.17) is 4.74 Å². The first-order valence-corrected chi connectivity index (χ1v) is 3.94. The number of cyclic esters (lactones) is 2. The summed E-state index contributed by atoms with van der Waals surface area (Å²) in [5.41, 5.74) is -0.798. The topological polar surface area (TPSA) is 72.8 Å². The second-order valence-electron chi connectivity index (χ2n) is 3.66. The Morgan fingerprint density at radius 1 is 1.38 bits per heavy atom. The molecule has 1 aliphatic rings. The SMILES string of the molecule is CC1(C)COC(=O)COC(=O)[C@H]1O. The fourth-order valence-corrected chi connectivity index (χ4v) is 0.915. The number of ether oxygens (including phenoxy) is 2. The Labute approximate surface area is 75.6 Å². The summed E-state index contributed by atoms with van der Waals surface area (Å²) in [7, 11) is 0. The van der Waals surface area contributed by atoms with Crippen molar-refractivity contribution in [3.63, 3.8) is 0 Å². The molecule has 1 N–H and O–H groups in total. The van der Waals surface area contributed by atoms with E-state index in [0.29, 0.717) is 0 Å². The first-order valence-electron chi connectivity index (χ1n) is 3.94. The highest BCUT2D eigenvalue weighted by atomic mass is 16.6. The van der Waals surface area contributed by atoms with Crippen LogP contribution in [0.1, 0.15) is 13.8 Å². The average Bonchev–Trinajstić information content (AvgIpc) is 2.08. The maximum Gasteiger partial charge on any atom is 0.344 e. The van der Waals surface area contributed by atoms with Crippen LogP contribution in [0.25, 0.3) is 0 Å². The van der Waals surface area contributed by atoms with Gasteiger partial charge in [-0.05, 0) is 0 Å². The number of hydrogen-bond acceptors (Lipinski definition) is 5. The Bertz CT molecular complexity index is 233. The van der Waals surface area contributed by atoms with Crippen LogP contribution in [0.4, 0.5) is 0 Å². The molecule has 0 aromatic heterocycles. The Balaban J connectivity index is 2.76. The van der Waals surface area contributed by atoms with Gasteiger partial charge in [0.1, 0.15) is 0 Å². The second-order valence-corrected chi connectivity index (χ2v) is 3.66. The molecular formula is C8H12O5. The third-order valence-corrected chi connectivity index (χ3v) is 1.90.